The first-order chi connectivity index (χ1) is 18.0. The summed E-state index contributed by atoms with van der Waals surface area (Å²) in [6.45, 7) is 7.03. The van der Waals surface area contributed by atoms with Crippen LogP contribution in [0, 0.1) is 18.3 Å². The molecule has 8 nitrogen and oxygen atoms in total. The molecule has 0 saturated carbocycles. The quantitative estimate of drug-likeness (QED) is 0.339. The highest BCUT2D eigenvalue weighted by molar-refractivity contribution is 7.92. The summed E-state index contributed by atoms with van der Waals surface area (Å²) in [5.74, 6) is 0.266. The zero-order valence-electron chi connectivity index (χ0n) is 22.2. The van der Waals surface area contributed by atoms with E-state index in [9.17, 15) is 18.8 Å². The van der Waals surface area contributed by atoms with Gasteiger partial charge in [-0.2, -0.15) is 5.26 Å². The van der Waals surface area contributed by atoms with E-state index < -0.39 is 16.1 Å². The summed E-state index contributed by atoms with van der Waals surface area (Å²) in [5, 5.41) is 23.3. The molecule has 1 unspecified atom stereocenters. The fourth-order valence-electron chi connectivity index (χ4n) is 3.62. The molecule has 0 amide bonds. The van der Waals surface area contributed by atoms with E-state index in [1.165, 1.54) is 19.2 Å². The lowest BCUT2D eigenvalue weighted by molar-refractivity contribution is 0.0551. The Morgan fingerprint density at radius 1 is 1.08 bits per heavy atom. The van der Waals surface area contributed by atoms with Crippen LogP contribution < -0.4 is 14.4 Å². The Labute approximate surface area is 225 Å². The first-order valence-electron chi connectivity index (χ1n) is 12.3. The smallest absolute Gasteiger partial charge is 0.264 e. The Morgan fingerprint density at radius 2 is 1.76 bits per heavy atom. The number of β-amino-alcohol motifs (C(OH)–C–C–N with tert-alkyl or cyclic N) is 1. The van der Waals surface area contributed by atoms with Gasteiger partial charge in [-0.25, -0.2) is 8.42 Å². The minimum absolute atomic E-state index is 0.0422. The van der Waals surface area contributed by atoms with E-state index in [4.69, 9.17) is 9.47 Å². The van der Waals surface area contributed by atoms with Crippen LogP contribution in [0.5, 0.6) is 5.75 Å². The van der Waals surface area contributed by atoms with Crippen LogP contribution in [0.25, 0.3) is 0 Å². The topological polar surface area (TPSA) is 112 Å². The molecule has 2 N–H and O–H groups in total. The number of benzene rings is 3. The average molecular weight is 538 g/mol. The lowest BCUT2D eigenvalue weighted by atomic mass is 10.1. The van der Waals surface area contributed by atoms with E-state index in [-0.39, 0.29) is 34.9 Å². The van der Waals surface area contributed by atoms with Crippen LogP contribution in [0.4, 0.5) is 5.69 Å². The van der Waals surface area contributed by atoms with Crippen LogP contribution in [0.3, 0.4) is 0 Å². The first kappa shape index (κ1) is 29.1. The standard InChI is InChI=1S/C29H35N3O5S/c1-22-10-13-27(14-11-22)38(34,35)32(4)25-12-15-28(24(16-25)17-30)37-20-26(33)18-31-29(2,3)21-36-19-23-8-6-5-7-9-23/h5-16,26,31,33H,18-21H2,1-4H3. The SMILES string of the molecule is Cc1ccc(S(=O)(=O)N(C)c2ccc(OCC(O)CNC(C)(C)COCc3ccccc3)c(C#N)c2)cc1. The number of hydrogen-bond acceptors (Lipinski definition) is 7. The maximum atomic E-state index is 13.0. The van der Waals surface area contributed by atoms with E-state index in [2.05, 4.69) is 5.32 Å². The van der Waals surface area contributed by atoms with Gasteiger partial charge in [-0.3, -0.25) is 4.31 Å². The Kier molecular flexibility index (Phi) is 9.89. The van der Waals surface area contributed by atoms with Gasteiger partial charge in [0, 0.05) is 19.1 Å². The molecule has 0 aromatic heterocycles. The summed E-state index contributed by atoms with van der Waals surface area (Å²) in [4.78, 5) is 0.161. The number of ether oxygens (including phenoxy) is 2. The zero-order valence-corrected chi connectivity index (χ0v) is 23.0. The molecular weight excluding hydrogens is 502 g/mol. The van der Waals surface area contributed by atoms with Gasteiger partial charge in [0.25, 0.3) is 10.0 Å². The van der Waals surface area contributed by atoms with Crippen LogP contribution in [-0.2, 0) is 21.4 Å². The van der Waals surface area contributed by atoms with Crippen molar-refractivity contribution < 1.29 is 23.0 Å². The van der Waals surface area contributed by atoms with Gasteiger partial charge in [-0.05, 0) is 56.7 Å². The molecule has 0 aliphatic heterocycles. The lowest BCUT2D eigenvalue weighted by Crippen LogP contribution is -2.47. The second kappa shape index (κ2) is 12.9. The third-order valence-electron chi connectivity index (χ3n) is 5.95. The molecule has 9 heteroatoms. The van der Waals surface area contributed by atoms with Crippen molar-refractivity contribution in [2.24, 2.45) is 0 Å². The van der Waals surface area contributed by atoms with Crippen LogP contribution >= 0.6 is 0 Å². The molecular formula is C29H35N3O5S. The van der Waals surface area contributed by atoms with Gasteiger partial charge in [-0.1, -0.05) is 48.0 Å². The van der Waals surface area contributed by atoms with E-state index in [0.717, 1.165) is 15.4 Å². The minimum Gasteiger partial charge on any atom is -0.489 e. The van der Waals surface area contributed by atoms with Crippen molar-refractivity contribution in [3.05, 3.63) is 89.5 Å². The Balaban J connectivity index is 1.53. The molecule has 3 aromatic rings. The number of nitrogens with one attached hydrogen (secondary N) is 1. The van der Waals surface area contributed by atoms with Gasteiger partial charge in [0.15, 0.2) is 0 Å². The van der Waals surface area contributed by atoms with Gasteiger partial charge in [-0.15, -0.1) is 0 Å². The van der Waals surface area contributed by atoms with Crippen molar-refractivity contribution in [2.45, 2.75) is 43.9 Å². The van der Waals surface area contributed by atoms with E-state index in [1.54, 1.807) is 30.3 Å². The lowest BCUT2D eigenvalue weighted by Gasteiger charge is -2.27. The van der Waals surface area contributed by atoms with Crippen LogP contribution in [-0.4, -0.2) is 52.0 Å². The summed E-state index contributed by atoms with van der Waals surface area (Å²) < 4.78 is 38.6. The van der Waals surface area contributed by atoms with Crippen molar-refractivity contribution in [3.63, 3.8) is 0 Å². The Morgan fingerprint density at radius 3 is 2.42 bits per heavy atom. The molecule has 0 aliphatic rings. The summed E-state index contributed by atoms with van der Waals surface area (Å²) >= 11 is 0. The molecule has 3 rings (SSSR count). The van der Waals surface area contributed by atoms with Crippen molar-refractivity contribution >= 4 is 15.7 Å². The number of nitriles is 1. The Hall–Kier alpha value is -3.42. The molecule has 202 valence electrons. The number of rotatable bonds is 13. The van der Waals surface area contributed by atoms with Crippen LogP contribution in [0.1, 0.15) is 30.5 Å². The fraction of sp³-hybridized carbons (Fsp3) is 0.345. The molecule has 0 saturated heterocycles. The van der Waals surface area contributed by atoms with Crippen LogP contribution in [0.15, 0.2) is 77.7 Å². The van der Waals surface area contributed by atoms with Crippen molar-refractivity contribution in [2.75, 3.05) is 31.1 Å². The number of aliphatic hydroxyl groups is 1. The maximum Gasteiger partial charge on any atom is 0.264 e. The second-order valence-electron chi connectivity index (χ2n) is 9.79. The van der Waals surface area contributed by atoms with Gasteiger partial charge in [0.2, 0.25) is 0 Å². The average Bonchev–Trinajstić information content (AvgIpc) is 2.91. The van der Waals surface area contributed by atoms with Crippen LogP contribution in [0.2, 0.25) is 0 Å². The van der Waals surface area contributed by atoms with Crippen molar-refractivity contribution in [1.82, 2.24) is 5.32 Å². The van der Waals surface area contributed by atoms with Gasteiger partial charge in [0.05, 0.1) is 29.4 Å². The maximum absolute atomic E-state index is 13.0. The zero-order chi connectivity index (χ0) is 27.8. The second-order valence-corrected chi connectivity index (χ2v) is 11.8. The van der Waals surface area contributed by atoms with E-state index in [1.807, 2.05) is 57.2 Å². The third kappa shape index (κ3) is 8.04. The minimum atomic E-state index is -3.79. The van der Waals surface area contributed by atoms with E-state index in [0.29, 0.717) is 18.9 Å². The highest BCUT2D eigenvalue weighted by Gasteiger charge is 2.23. The number of hydrogen-bond donors (Lipinski definition) is 2. The van der Waals surface area contributed by atoms with Gasteiger partial charge >= 0.3 is 0 Å². The molecule has 3 aromatic carbocycles. The highest BCUT2D eigenvalue weighted by Crippen LogP contribution is 2.28. The highest BCUT2D eigenvalue weighted by atomic mass is 32.2. The van der Waals surface area contributed by atoms with Gasteiger partial charge < -0.3 is 19.9 Å². The molecule has 0 bridgehead atoms. The molecule has 0 heterocycles. The number of sulfonamides is 1. The predicted molar refractivity (Wildman–Crippen MR) is 148 cm³/mol. The monoisotopic (exact) mass is 537 g/mol. The summed E-state index contributed by atoms with van der Waals surface area (Å²) in [5.41, 5.74) is 2.17. The number of aliphatic hydroxyl groups excluding tert-OH is 1. The molecule has 0 fully saturated rings. The molecule has 0 radical (unpaired) electrons. The largest absolute Gasteiger partial charge is 0.489 e. The number of anilines is 1. The molecule has 38 heavy (non-hydrogen) atoms. The summed E-state index contributed by atoms with van der Waals surface area (Å²) in [7, 11) is -2.35. The summed E-state index contributed by atoms with van der Waals surface area (Å²) in [6.07, 6.45) is -0.834. The molecule has 1 atom stereocenters. The normalized spacial score (nSPS) is 12.5. The fourth-order valence-corrected chi connectivity index (χ4v) is 4.81. The number of aryl methyl sites for hydroxylation is 1. The van der Waals surface area contributed by atoms with Crippen molar-refractivity contribution in [1.29, 1.82) is 5.26 Å². The number of nitrogens with zero attached hydrogens (tertiary/aromatic N) is 2. The van der Waals surface area contributed by atoms with E-state index >= 15 is 0 Å². The van der Waals surface area contributed by atoms with Crippen molar-refractivity contribution in [3.8, 4) is 11.8 Å². The molecule has 0 spiro atoms. The predicted octanol–water partition coefficient (Wildman–Crippen LogP) is 4.02. The summed E-state index contributed by atoms with van der Waals surface area (Å²) in [6, 6.07) is 23.1. The molecule has 0 aliphatic carbocycles. The Bertz CT molecular complexity index is 1340. The first-order valence-corrected chi connectivity index (χ1v) is 13.7. The third-order valence-corrected chi connectivity index (χ3v) is 7.75. The van der Waals surface area contributed by atoms with Gasteiger partial charge in [0.1, 0.15) is 24.5 Å².